The highest BCUT2D eigenvalue weighted by Gasteiger charge is 2.29. The summed E-state index contributed by atoms with van der Waals surface area (Å²) >= 11 is 0. The summed E-state index contributed by atoms with van der Waals surface area (Å²) < 4.78 is 16.4. The summed E-state index contributed by atoms with van der Waals surface area (Å²) in [5.74, 6) is -1.24. The van der Waals surface area contributed by atoms with Crippen LogP contribution in [0, 0.1) is 0 Å². The van der Waals surface area contributed by atoms with E-state index < -0.39 is 30.1 Å². The Morgan fingerprint density at radius 2 is 1.85 bits per heavy atom. The second-order valence-corrected chi connectivity index (χ2v) is 7.03. The highest BCUT2D eigenvalue weighted by Crippen LogP contribution is 2.33. The Labute approximate surface area is 197 Å². The van der Waals surface area contributed by atoms with Crippen LogP contribution >= 0.6 is 0 Å². The Morgan fingerprint density at radius 3 is 2.47 bits per heavy atom. The van der Waals surface area contributed by atoms with Crippen LogP contribution in [-0.2, 0) is 14.3 Å². The van der Waals surface area contributed by atoms with Gasteiger partial charge < -0.3 is 19.3 Å². The molecule has 0 aromatic heterocycles. The Hall–Kier alpha value is -3.89. The molecule has 0 fully saturated rings. The maximum absolute atomic E-state index is 12.6. The third-order valence-electron chi connectivity index (χ3n) is 4.73. The second kappa shape index (κ2) is 13.6. The molecule has 0 saturated heterocycles. The lowest BCUT2D eigenvalue weighted by atomic mass is 9.99. The molecule has 0 heterocycles. The summed E-state index contributed by atoms with van der Waals surface area (Å²) in [6.45, 7) is 2.06. The quantitative estimate of drug-likeness (QED) is 0.222. The first-order valence-corrected chi connectivity index (χ1v) is 10.6. The number of hydrogen-bond donors (Lipinski definition) is 4. The highest BCUT2D eigenvalue weighted by molar-refractivity contribution is 6.02. The van der Waals surface area contributed by atoms with Crippen molar-refractivity contribution in [2.24, 2.45) is 0 Å². The number of aromatic hydroxyl groups is 1. The lowest BCUT2D eigenvalue weighted by molar-refractivity contribution is -0.124. The number of amides is 3. The number of phenolic OH excluding ortho intramolecular Hbond substituents is 1. The molecule has 0 radical (unpaired) electrons. The van der Waals surface area contributed by atoms with Gasteiger partial charge in [-0.3, -0.25) is 20.1 Å². The molecule has 2 aromatic rings. The zero-order valence-electron chi connectivity index (χ0n) is 18.9. The molecule has 0 spiro atoms. The lowest BCUT2D eigenvalue weighted by Gasteiger charge is -2.27. The van der Waals surface area contributed by atoms with E-state index in [2.05, 4.69) is 5.32 Å². The zero-order chi connectivity index (χ0) is 24.9. The van der Waals surface area contributed by atoms with E-state index in [1.807, 2.05) is 0 Å². The van der Waals surface area contributed by atoms with E-state index >= 15 is 0 Å². The van der Waals surface area contributed by atoms with Crippen molar-refractivity contribution in [3.63, 3.8) is 0 Å². The summed E-state index contributed by atoms with van der Waals surface area (Å²) in [4.78, 5) is 36.1. The number of phenols is 1. The van der Waals surface area contributed by atoms with Gasteiger partial charge in [-0.2, -0.15) is 0 Å². The Kier molecular flexibility index (Phi) is 10.6. The minimum Gasteiger partial charge on any atom is -0.504 e. The van der Waals surface area contributed by atoms with Crippen molar-refractivity contribution in [1.82, 2.24) is 10.8 Å². The zero-order valence-corrected chi connectivity index (χ0v) is 18.9. The minimum absolute atomic E-state index is 0.163. The van der Waals surface area contributed by atoms with Crippen molar-refractivity contribution in [3.05, 3.63) is 71.8 Å². The summed E-state index contributed by atoms with van der Waals surface area (Å²) in [5.41, 5.74) is 2.19. The number of benzene rings is 2. The van der Waals surface area contributed by atoms with Gasteiger partial charge in [0.25, 0.3) is 11.8 Å². The van der Waals surface area contributed by atoms with E-state index in [9.17, 15) is 19.5 Å². The molecule has 0 aliphatic rings. The van der Waals surface area contributed by atoms with E-state index in [1.54, 1.807) is 43.3 Å². The highest BCUT2D eigenvalue weighted by atomic mass is 16.6. The molecular weight excluding hydrogens is 444 g/mol. The summed E-state index contributed by atoms with van der Waals surface area (Å²) in [6, 6.07) is 12.7. The molecule has 10 nitrogen and oxygen atoms in total. The number of imide groups is 1. The van der Waals surface area contributed by atoms with E-state index in [0.717, 1.165) is 6.08 Å². The fraction of sp³-hybridized carbons (Fsp3) is 0.292. The van der Waals surface area contributed by atoms with Crippen molar-refractivity contribution in [2.75, 3.05) is 13.7 Å². The smallest absolute Gasteiger partial charge is 0.414 e. The van der Waals surface area contributed by atoms with Gasteiger partial charge >= 0.3 is 6.09 Å². The minimum atomic E-state index is -1.000. The molecule has 2 atom stereocenters. The number of methoxy groups -OCH3 is 1. The Morgan fingerprint density at radius 1 is 1.12 bits per heavy atom. The number of hydrogen-bond acceptors (Lipinski definition) is 8. The molecule has 4 N–H and O–H groups in total. The molecule has 2 rings (SSSR count). The van der Waals surface area contributed by atoms with Crippen LogP contribution in [0.2, 0.25) is 0 Å². The van der Waals surface area contributed by atoms with Crippen LogP contribution in [-0.4, -0.2) is 48.0 Å². The Balaban J connectivity index is 2.25. The predicted octanol–water partition coefficient (Wildman–Crippen LogP) is 3.26. The van der Waals surface area contributed by atoms with Crippen molar-refractivity contribution < 1.29 is 38.9 Å². The van der Waals surface area contributed by atoms with Crippen LogP contribution in [0.15, 0.2) is 60.7 Å². The van der Waals surface area contributed by atoms with E-state index in [4.69, 9.17) is 19.4 Å². The van der Waals surface area contributed by atoms with Crippen molar-refractivity contribution >= 4 is 17.9 Å². The summed E-state index contributed by atoms with van der Waals surface area (Å²) in [5, 5.41) is 21.0. The number of allylic oxidation sites excluding steroid dienone is 1. The lowest BCUT2D eigenvalue weighted by Crippen LogP contribution is -2.35. The molecular formula is C24H28N2O8. The van der Waals surface area contributed by atoms with Crippen LogP contribution in [0.25, 0.3) is 0 Å². The van der Waals surface area contributed by atoms with Gasteiger partial charge in [0.15, 0.2) is 17.6 Å². The van der Waals surface area contributed by atoms with Gasteiger partial charge in [0, 0.05) is 18.2 Å². The number of carbonyl (C=O) groups excluding carboxylic acids is 3. The molecule has 0 aliphatic carbocycles. The summed E-state index contributed by atoms with van der Waals surface area (Å²) in [6.07, 6.45) is 0.680. The SMILES string of the molecule is CCO[C@H](CC/C=C/C(=O)NO)[C@H](OC(=O)NC(=O)c1ccccc1)c1ccc(OC)c(O)c1. The first kappa shape index (κ1) is 26.4. The molecule has 34 heavy (non-hydrogen) atoms. The maximum atomic E-state index is 12.6. The average molecular weight is 472 g/mol. The van der Waals surface area contributed by atoms with Crippen molar-refractivity contribution in [1.29, 1.82) is 0 Å². The maximum Gasteiger partial charge on any atom is 0.414 e. The fourth-order valence-corrected chi connectivity index (χ4v) is 3.17. The van der Waals surface area contributed by atoms with Gasteiger partial charge in [0.1, 0.15) is 0 Å². The average Bonchev–Trinajstić information content (AvgIpc) is 2.84. The largest absolute Gasteiger partial charge is 0.504 e. The number of hydroxylamine groups is 1. The van der Waals surface area contributed by atoms with Crippen LogP contribution in [0.3, 0.4) is 0 Å². The third-order valence-corrected chi connectivity index (χ3v) is 4.73. The van der Waals surface area contributed by atoms with Crippen molar-refractivity contribution in [3.8, 4) is 11.5 Å². The molecule has 0 saturated carbocycles. The molecule has 182 valence electrons. The van der Waals surface area contributed by atoms with Gasteiger partial charge in [-0.25, -0.2) is 10.3 Å². The van der Waals surface area contributed by atoms with Crippen LogP contribution in [0.4, 0.5) is 4.79 Å². The number of alkyl carbamates (subject to hydrolysis) is 1. The standard InChI is InChI=1S/C24H28N2O8/c1-3-33-20(11-7-8-12-21(28)26-31)22(17-13-14-19(32-2)18(27)15-17)34-24(30)25-23(29)16-9-5-4-6-10-16/h4-6,8-10,12-15,20,22,27,31H,3,7,11H2,1-2H3,(H,26,28)(H,25,29,30)/b12-8+/t20-,22-/m1/s1. The van der Waals surface area contributed by atoms with Gasteiger partial charge in [-0.05, 0) is 49.6 Å². The molecule has 0 aliphatic heterocycles. The number of nitrogens with one attached hydrogen (secondary N) is 2. The molecule has 3 amide bonds. The van der Waals surface area contributed by atoms with E-state index in [1.165, 1.54) is 30.8 Å². The Bertz CT molecular complexity index is 994. The number of carbonyl (C=O) groups is 3. The van der Waals surface area contributed by atoms with Gasteiger partial charge in [-0.15, -0.1) is 0 Å². The molecule has 10 heteroatoms. The van der Waals surface area contributed by atoms with E-state index in [0.29, 0.717) is 18.4 Å². The molecule has 0 unspecified atom stereocenters. The van der Waals surface area contributed by atoms with Gasteiger partial charge in [0.2, 0.25) is 0 Å². The first-order valence-electron chi connectivity index (χ1n) is 10.6. The number of ether oxygens (including phenoxy) is 3. The topological polar surface area (TPSA) is 143 Å². The van der Waals surface area contributed by atoms with Crippen LogP contribution < -0.4 is 15.5 Å². The van der Waals surface area contributed by atoms with E-state index in [-0.39, 0.29) is 23.7 Å². The normalized spacial score (nSPS) is 12.6. The van der Waals surface area contributed by atoms with Crippen LogP contribution in [0.5, 0.6) is 11.5 Å². The monoisotopic (exact) mass is 472 g/mol. The number of rotatable bonds is 11. The van der Waals surface area contributed by atoms with Crippen LogP contribution in [0.1, 0.15) is 41.8 Å². The molecule has 0 bridgehead atoms. The van der Waals surface area contributed by atoms with Crippen molar-refractivity contribution in [2.45, 2.75) is 32.0 Å². The molecule has 2 aromatic carbocycles. The predicted molar refractivity (Wildman–Crippen MR) is 122 cm³/mol. The second-order valence-electron chi connectivity index (χ2n) is 7.03. The van der Waals surface area contributed by atoms with Gasteiger partial charge in [0.05, 0.1) is 13.2 Å². The van der Waals surface area contributed by atoms with Gasteiger partial charge in [-0.1, -0.05) is 30.3 Å². The third kappa shape index (κ3) is 7.91. The fourth-order valence-electron chi connectivity index (χ4n) is 3.17. The summed E-state index contributed by atoms with van der Waals surface area (Å²) in [7, 11) is 1.41. The first-order chi connectivity index (χ1) is 16.4.